The Labute approximate surface area is 176 Å². The normalized spacial score (nSPS) is 14.5. The number of carboxylic acid groups (broad SMARTS) is 2. The van der Waals surface area contributed by atoms with Crippen molar-refractivity contribution >= 4 is 47.3 Å². The maximum absolute atomic E-state index is 12.6. The summed E-state index contributed by atoms with van der Waals surface area (Å²) < 4.78 is 0. The van der Waals surface area contributed by atoms with E-state index in [1.807, 2.05) is 0 Å². The molecule has 4 unspecified atom stereocenters. The lowest BCUT2D eigenvalue weighted by Gasteiger charge is -2.24. The third-order valence-corrected chi connectivity index (χ3v) is 4.39. The highest BCUT2D eigenvalue weighted by Crippen LogP contribution is 2.04. The van der Waals surface area contributed by atoms with Crippen LogP contribution in [-0.2, 0) is 28.8 Å². The van der Waals surface area contributed by atoms with Crippen molar-refractivity contribution in [1.29, 1.82) is 0 Å². The second kappa shape index (κ2) is 13.4. The number of thioether (sulfide) groups is 1. The predicted octanol–water partition coefficient (Wildman–Crippen LogP) is -3.02. The first-order chi connectivity index (χ1) is 13.9. The predicted molar refractivity (Wildman–Crippen MR) is 106 cm³/mol. The van der Waals surface area contributed by atoms with Gasteiger partial charge < -0.3 is 37.6 Å². The van der Waals surface area contributed by atoms with Gasteiger partial charge >= 0.3 is 11.9 Å². The first-order valence-electron chi connectivity index (χ1n) is 8.77. The van der Waals surface area contributed by atoms with Crippen molar-refractivity contribution in [2.45, 2.75) is 50.4 Å². The molecule has 0 rings (SSSR count). The second-order valence-electron chi connectivity index (χ2n) is 6.35. The minimum absolute atomic E-state index is 0.140. The van der Waals surface area contributed by atoms with Crippen molar-refractivity contribution in [2.24, 2.45) is 11.5 Å². The van der Waals surface area contributed by atoms with Gasteiger partial charge in [-0.05, 0) is 25.4 Å². The molecule has 0 aromatic rings. The van der Waals surface area contributed by atoms with E-state index >= 15 is 0 Å². The van der Waals surface area contributed by atoms with Gasteiger partial charge in [0.05, 0.1) is 18.9 Å². The van der Waals surface area contributed by atoms with Crippen molar-refractivity contribution < 1.29 is 39.0 Å². The molecule has 0 aliphatic carbocycles. The minimum atomic E-state index is -1.50. The van der Waals surface area contributed by atoms with E-state index in [1.54, 1.807) is 6.26 Å². The Morgan fingerprint density at radius 3 is 1.90 bits per heavy atom. The summed E-state index contributed by atoms with van der Waals surface area (Å²) in [5, 5.41) is 24.3. The SMILES string of the molecule is CSCCC(NC(=O)C(CC(N)=O)NC(=O)C(N)CC(=O)O)C(=O)NC(C)C(=O)O. The Hall–Kier alpha value is -2.87. The number of rotatable bonds is 14. The van der Waals surface area contributed by atoms with E-state index in [0.717, 1.165) is 0 Å². The van der Waals surface area contributed by atoms with Crippen molar-refractivity contribution in [3.63, 3.8) is 0 Å². The van der Waals surface area contributed by atoms with Gasteiger partial charge in [0.2, 0.25) is 23.6 Å². The molecule has 0 spiro atoms. The molecule has 0 aliphatic heterocycles. The van der Waals surface area contributed by atoms with Crippen LogP contribution in [0.15, 0.2) is 0 Å². The van der Waals surface area contributed by atoms with E-state index in [-0.39, 0.29) is 6.42 Å². The average molecular weight is 449 g/mol. The molecule has 0 heterocycles. The zero-order valence-electron chi connectivity index (χ0n) is 16.5. The van der Waals surface area contributed by atoms with Gasteiger partial charge in [0, 0.05) is 0 Å². The molecule has 4 atom stereocenters. The van der Waals surface area contributed by atoms with Crippen LogP contribution in [0.3, 0.4) is 0 Å². The van der Waals surface area contributed by atoms with Crippen LogP contribution in [0.5, 0.6) is 0 Å². The summed E-state index contributed by atoms with van der Waals surface area (Å²) in [6.07, 6.45) is 0.569. The van der Waals surface area contributed by atoms with E-state index in [9.17, 15) is 28.8 Å². The van der Waals surface area contributed by atoms with E-state index in [1.165, 1.54) is 18.7 Å². The molecule has 0 aliphatic rings. The lowest BCUT2D eigenvalue weighted by atomic mass is 10.1. The summed E-state index contributed by atoms with van der Waals surface area (Å²) in [4.78, 5) is 69.8. The summed E-state index contributed by atoms with van der Waals surface area (Å²) in [7, 11) is 0. The van der Waals surface area contributed by atoms with Gasteiger partial charge in [-0.3, -0.25) is 28.8 Å². The molecular weight excluding hydrogens is 422 g/mol. The summed E-state index contributed by atoms with van der Waals surface area (Å²) in [5.74, 6) is -5.81. The molecule has 30 heavy (non-hydrogen) atoms. The van der Waals surface area contributed by atoms with Gasteiger partial charge in [-0.2, -0.15) is 11.8 Å². The quantitative estimate of drug-likeness (QED) is 0.142. The Balaban J connectivity index is 5.33. The number of nitrogens with one attached hydrogen (secondary N) is 3. The van der Waals surface area contributed by atoms with E-state index in [4.69, 9.17) is 21.7 Å². The maximum atomic E-state index is 12.6. The van der Waals surface area contributed by atoms with E-state index < -0.39 is 72.6 Å². The smallest absolute Gasteiger partial charge is 0.325 e. The topological polar surface area (TPSA) is 231 Å². The van der Waals surface area contributed by atoms with Gasteiger partial charge in [-0.1, -0.05) is 0 Å². The van der Waals surface area contributed by atoms with Crippen molar-refractivity contribution in [3.8, 4) is 0 Å². The molecule has 0 fully saturated rings. The van der Waals surface area contributed by atoms with E-state index in [2.05, 4.69) is 16.0 Å². The van der Waals surface area contributed by atoms with Gasteiger partial charge in [-0.15, -0.1) is 0 Å². The molecule has 170 valence electrons. The highest BCUT2D eigenvalue weighted by molar-refractivity contribution is 7.98. The molecule has 0 saturated heterocycles. The van der Waals surface area contributed by atoms with Crippen LogP contribution < -0.4 is 27.4 Å². The number of carbonyl (C=O) groups is 6. The van der Waals surface area contributed by atoms with Crippen LogP contribution in [0.1, 0.15) is 26.2 Å². The number of carbonyl (C=O) groups excluding carboxylic acids is 4. The highest BCUT2D eigenvalue weighted by atomic mass is 32.2. The van der Waals surface area contributed by atoms with Crippen LogP contribution in [-0.4, -0.2) is 82.0 Å². The first kappa shape index (κ1) is 27.1. The largest absolute Gasteiger partial charge is 0.481 e. The van der Waals surface area contributed by atoms with Crippen LogP contribution in [0.2, 0.25) is 0 Å². The lowest BCUT2D eigenvalue weighted by molar-refractivity contribution is -0.142. The molecule has 0 aromatic heterocycles. The molecule has 4 amide bonds. The average Bonchev–Trinajstić information content (AvgIpc) is 2.62. The van der Waals surface area contributed by atoms with Crippen LogP contribution in [0, 0.1) is 0 Å². The third kappa shape index (κ3) is 10.6. The summed E-state index contributed by atoms with van der Waals surface area (Å²) >= 11 is 1.38. The lowest BCUT2D eigenvalue weighted by Crippen LogP contribution is -2.57. The molecule has 0 saturated carbocycles. The Morgan fingerprint density at radius 2 is 1.43 bits per heavy atom. The monoisotopic (exact) mass is 449 g/mol. The van der Waals surface area contributed by atoms with Crippen molar-refractivity contribution in [3.05, 3.63) is 0 Å². The van der Waals surface area contributed by atoms with Crippen LogP contribution in [0.4, 0.5) is 0 Å². The Bertz CT molecular complexity index is 674. The molecule has 9 N–H and O–H groups in total. The number of primary amides is 1. The maximum Gasteiger partial charge on any atom is 0.325 e. The van der Waals surface area contributed by atoms with Gasteiger partial charge in [-0.25, -0.2) is 0 Å². The van der Waals surface area contributed by atoms with Gasteiger partial charge in [0.15, 0.2) is 0 Å². The number of hydrogen-bond donors (Lipinski definition) is 7. The second-order valence-corrected chi connectivity index (χ2v) is 7.33. The number of nitrogens with two attached hydrogens (primary N) is 2. The molecule has 0 bridgehead atoms. The minimum Gasteiger partial charge on any atom is -0.481 e. The Morgan fingerprint density at radius 1 is 0.900 bits per heavy atom. The van der Waals surface area contributed by atoms with Crippen molar-refractivity contribution in [2.75, 3.05) is 12.0 Å². The molecule has 0 aromatic carbocycles. The Kier molecular flexibility index (Phi) is 12.1. The third-order valence-electron chi connectivity index (χ3n) is 3.74. The number of carboxylic acids is 2. The van der Waals surface area contributed by atoms with Gasteiger partial charge in [0.25, 0.3) is 0 Å². The standard InChI is InChI=1S/C16H27N5O8S/c1-7(16(28)29)19-14(26)9(3-4-30-2)20-15(27)10(6-11(18)22)21-13(25)8(17)5-12(23)24/h7-10H,3-6,17H2,1-2H3,(H2,18,22)(H,19,26)(H,20,27)(H,21,25)(H,23,24)(H,28,29). The summed E-state index contributed by atoms with van der Waals surface area (Å²) in [6, 6.07) is -5.33. The van der Waals surface area contributed by atoms with Crippen LogP contribution in [0.25, 0.3) is 0 Å². The van der Waals surface area contributed by atoms with Gasteiger partial charge in [0.1, 0.15) is 18.1 Å². The van der Waals surface area contributed by atoms with E-state index in [0.29, 0.717) is 5.75 Å². The summed E-state index contributed by atoms with van der Waals surface area (Å²) in [5.41, 5.74) is 10.5. The summed E-state index contributed by atoms with van der Waals surface area (Å²) in [6.45, 7) is 1.24. The molecular formula is C16H27N5O8S. The highest BCUT2D eigenvalue weighted by Gasteiger charge is 2.30. The zero-order valence-corrected chi connectivity index (χ0v) is 17.4. The fraction of sp³-hybridized carbons (Fsp3) is 0.625. The fourth-order valence-electron chi connectivity index (χ4n) is 2.12. The fourth-order valence-corrected chi connectivity index (χ4v) is 2.59. The van der Waals surface area contributed by atoms with Crippen LogP contribution >= 0.6 is 11.8 Å². The number of amides is 4. The molecule has 14 heteroatoms. The number of aliphatic carboxylic acids is 2. The number of hydrogen-bond acceptors (Lipinski definition) is 8. The van der Waals surface area contributed by atoms with Crippen molar-refractivity contribution in [1.82, 2.24) is 16.0 Å². The first-order valence-corrected chi connectivity index (χ1v) is 10.2. The molecule has 13 nitrogen and oxygen atoms in total. The molecule has 0 radical (unpaired) electrons. The zero-order chi connectivity index (χ0) is 23.4.